The van der Waals surface area contributed by atoms with E-state index in [1.54, 1.807) is 6.20 Å². The molecule has 4 heterocycles. The molecular weight excluding hydrogens is 434 g/mol. The normalized spacial score (nSPS) is 23.3. The van der Waals surface area contributed by atoms with Gasteiger partial charge in [-0.15, -0.1) is 0 Å². The molecule has 2 amide bonds. The molecule has 2 aliphatic rings. The first-order valence-electron chi connectivity index (χ1n) is 11.3. The number of aromatic amines is 2. The summed E-state index contributed by atoms with van der Waals surface area (Å²) in [4.78, 5) is 32.9. The molecule has 0 bridgehead atoms. The number of hydrogen-bond acceptors (Lipinski definition) is 5. The number of rotatable bonds is 4. The molecule has 8 nitrogen and oxygen atoms in total. The highest BCUT2D eigenvalue weighted by molar-refractivity contribution is 6.51. The molecule has 0 spiro atoms. The van der Waals surface area contributed by atoms with Crippen molar-refractivity contribution in [3.05, 3.63) is 71.5 Å². The van der Waals surface area contributed by atoms with Crippen LogP contribution in [0.5, 0.6) is 0 Å². The lowest BCUT2D eigenvalue weighted by Gasteiger charge is -2.32. The van der Waals surface area contributed by atoms with Crippen LogP contribution in [0.15, 0.2) is 54.7 Å². The van der Waals surface area contributed by atoms with Crippen LogP contribution in [0.4, 0.5) is 0 Å². The van der Waals surface area contributed by atoms with Gasteiger partial charge in [0.05, 0.1) is 35.7 Å². The lowest BCUT2D eigenvalue weighted by molar-refractivity contribution is -0.122. The number of aromatic nitrogens is 2. The molecule has 2 aromatic carbocycles. The molecule has 3 atom stereocenters. The van der Waals surface area contributed by atoms with Crippen LogP contribution in [0.25, 0.3) is 33.0 Å². The summed E-state index contributed by atoms with van der Waals surface area (Å²) in [5.41, 5.74) is 4.04. The Labute approximate surface area is 194 Å². The van der Waals surface area contributed by atoms with E-state index in [-0.39, 0.29) is 12.2 Å². The van der Waals surface area contributed by atoms with Crippen LogP contribution in [0.2, 0.25) is 0 Å². The molecule has 1 fully saturated rings. The fraction of sp³-hybridized carbons (Fsp3) is 0.231. The van der Waals surface area contributed by atoms with Gasteiger partial charge in [0.25, 0.3) is 11.8 Å². The molecule has 2 aromatic heterocycles. The molecule has 34 heavy (non-hydrogen) atoms. The monoisotopic (exact) mass is 457 g/mol. The van der Waals surface area contributed by atoms with Crippen molar-refractivity contribution in [1.29, 1.82) is 0 Å². The average Bonchev–Trinajstić information content (AvgIpc) is 3.51. The first kappa shape index (κ1) is 20.9. The maximum absolute atomic E-state index is 13.2. The molecule has 4 aromatic rings. The molecule has 172 valence electrons. The summed E-state index contributed by atoms with van der Waals surface area (Å²) < 4.78 is 6.09. The van der Waals surface area contributed by atoms with Gasteiger partial charge in [-0.25, -0.2) is 0 Å². The number of carbonyl (C=O) groups excluding carboxylic acids is 2. The van der Waals surface area contributed by atoms with Crippen molar-refractivity contribution in [3.63, 3.8) is 0 Å². The molecule has 5 N–H and O–H groups in total. The predicted octanol–water partition coefficient (Wildman–Crippen LogP) is 2.79. The van der Waals surface area contributed by atoms with Crippen molar-refractivity contribution in [2.24, 2.45) is 0 Å². The highest BCUT2D eigenvalue weighted by atomic mass is 16.5. The number of fused-ring (bicyclic) bond motifs is 2. The SMILES string of the molecule is O=C1NC(=O)C(c2c([C@@H]3C[C@@H](O)C[C@@H](CO)O3)[nH]c3ccccc23)=C1c1c[nH]c2ccccc12. The smallest absolute Gasteiger partial charge is 0.259 e. The number of para-hydroxylation sites is 2. The molecular formula is C26H23N3O5. The molecule has 0 saturated carbocycles. The Kier molecular flexibility index (Phi) is 4.88. The number of nitrogens with one attached hydrogen (secondary N) is 3. The maximum atomic E-state index is 13.2. The van der Waals surface area contributed by atoms with Gasteiger partial charge in [0.2, 0.25) is 0 Å². The van der Waals surface area contributed by atoms with E-state index >= 15 is 0 Å². The number of aliphatic hydroxyl groups is 2. The number of carbonyl (C=O) groups is 2. The summed E-state index contributed by atoms with van der Waals surface area (Å²) in [6.45, 7) is -0.217. The zero-order valence-corrected chi connectivity index (χ0v) is 18.2. The minimum absolute atomic E-state index is 0.217. The van der Waals surface area contributed by atoms with E-state index in [9.17, 15) is 19.8 Å². The van der Waals surface area contributed by atoms with Gasteiger partial charge >= 0.3 is 0 Å². The zero-order valence-electron chi connectivity index (χ0n) is 18.2. The Morgan fingerprint density at radius 1 is 0.912 bits per heavy atom. The van der Waals surface area contributed by atoms with Gasteiger partial charge in [0, 0.05) is 52.0 Å². The van der Waals surface area contributed by atoms with E-state index in [1.807, 2.05) is 48.5 Å². The highest BCUT2D eigenvalue weighted by Crippen LogP contribution is 2.43. The van der Waals surface area contributed by atoms with Gasteiger partial charge in [-0.05, 0) is 12.1 Å². The van der Waals surface area contributed by atoms with Gasteiger partial charge in [0.1, 0.15) is 6.10 Å². The van der Waals surface area contributed by atoms with Crippen LogP contribution in [0, 0.1) is 0 Å². The maximum Gasteiger partial charge on any atom is 0.259 e. The van der Waals surface area contributed by atoms with Crippen molar-refractivity contribution in [2.45, 2.75) is 31.2 Å². The summed E-state index contributed by atoms with van der Waals surface area (Å²) >= 11 is 0. The van der Waals surface area contributed by atoms with Crippen LogP contribution in [-0.4, -0.2) is 50.8 Å². The third-order valence-corrected chi connectivity index (χ3v) is 6.68. The summed E-state index contributed by atoms with van der Waals surface area (Å²) in [5, 5.41) is 24.2. The van der Waals surface area contributed by atoms with Gasteiger partial charge in [-0.2, -0.15) is 0 Å². The lowest BCUT2D eigenvalue weighted by atomic mass is 9.90. The van der Waals surface area contributed by atoms with Crippen LogP contribution in [0.1, 0.15) is 35.8 Å². The molecule has 6 rings (SSSR count). The largest absolute Gasteiger partial charge is 0.394 e. The second-order valence-electron chi connectivity index (χ2n) is 8.79. The number of imide groups is 1. The van der Waals surface area contributed by atoms with E-state index in [0.717, 1.165) is 21.8 Å². The fourth-order valence-corrected chi connectivity index (χ4v) is 5.20. The van der Waals surface area contributed by atoms with Gasteiger partial charge < -0.3 is 24.9 Å². The van der Waals surface area contributed by atoms with E-state index in [2.05, 4.69) is 15.3 Å². The van der Waals surface area contributed by atoms with Crippen molar-refractivity contribution in [1.82, 2.24) is 15.3 Å². The number of H-pyrrole nitrogens is 2. The second-order valence-corrected chi connectivity index (χ2v) is 8.79. The van der Waals surface area contributed by atoms with Gasteiger partial charge in [0.15, 0.2) is 0 Å². The third-order valence-electron chi connectivity index (χ3n) is 6.68. The summed E-state index contributed by atoms with van der Waals surface area (Å²) in [7, 11) is 0. The van der Waals surface area contributed by atoms with Crippen LogP contribution < -0.4 is 5.32 Å². The van der Waals surface area contributed by atoms with Gasteiger partial charge in [-0.1, -0.05) is 36.4 Å². The summed E-state index contributed by atoms with van der Waals surface area (Å²) in [5.74, 6) is -0.940. The fourth-order valence-electron chi connectivity index (χ4n) is 5.20. The first-order chi connectivity index (χ1) is 16.5. The van der Waals surface area contributed by atoms with E-state index < -0.39 is 30.1 Å². The lowest BCUT2D eigenvalue weighted by Crippen LogP contribution is -2.34. The molecule has 1 saturated heterocycles. The molecule has 0 unspecified atom stereocenters. The highest BCUT2D eigenvalue weighted by Gasteiger charge is 2.39. The second kappa shape index (κ2) is 7.95. The molecule has 2 aliphatic heterocycles. The topological polar surface area (TPSA) is 127 Å². The number of ether oxygens (including phenoxy) is 1. The number of aliphatic hydroxyl groups excluding tert-OH is 2. The van der Waals surface area contributed by atoms with E-state index in [1.165, 1.54) is 0 Å². The standard InChI is InChI=1S/C26H23N3O5/c30-12-14-9-13(31)10-20(34-14)24-21(16-6-2-4-8-19(16)28-24)23-22(25(32)29-26(23)33)17-11-27-18-7-3-1-5-15(17)18/h1-8,11,13-14,20,27-28,30-31H,9-10,12H2,(H,29,32,33)/t13-,14-,20-/m0/s1. The Morgan fingerprint density at radius 3 is 2.41 bits per heavy atom. The Balaban J connectivity index is 1.62. The Bertz CT molecular complexity index is 1480. The quantitative estimate of drug-likeness (QED) is 0.301. The van der Waals surface area contributed by atoms with Crippen molar-refractivity contribution in [2.75, 3.05) is 6.61 Å². The third kappa shape index (κ3) is 3.19. The van der Waals surface area contributed by atoms with Gasteiger partial charge in [-0.3, -0.25) is 14.9 Å². The number of amides is 2. The zero-order chi connectivity index (χ0) is 23.4. The number of benzene rings is 2. The first-order valence-corrected chi connectivity index (χ1v) is 11.3. The predicted molar refractivity (Wildman–Crippen MR) is 127 cm³/mol. The van der Waals surface area contributed by atoms with E-state index in [4.69, 9.17) is 4.74 Å². The summed E-state index contributed by atoms with van der Waals surface area (Å²) in [6.07, 6.45) is 0.635. The molecule has 0 aliphatic carbocycles. The van der Waals surface area contributed by atoms with E-state index in [0.29, 0.717) is 35.2 Å². The minimum atomic E-state index is -0.656. The Morgan fingerprint density at radius 2 is 1.62 bits per heavy atom. The van der Waals surface area contributed by atoms with Crippen molar-refractivity contribution >= 4 is 44.8 Å². The van der Waals surface area contributed by atoms with Crippen molar-refractivity contribution < 1.29 is 24.5 Å². The molecule has 0 radical (unpaired) electrons. The minimum Gasteiger partial charge on any atom is -0.394 e. The summed E-state index contributed by atoms with van der Waals surface area (Å²) in [6, 6.07) is 15.2. The van der Waals surface area contributed by atoms with Crippen LogP contribution in [0.3, 0.4) is 0 Å². The van der Waals surface area contributed by atoms with Crippen molar-refractivity contribution in [3.8, 4) is 0 Å². The Hall–Kier alpha value is -3.72. The number of hydrogen-bond donors (Lipinski definition) is 5. The van der Waals surface area contributed by atoms with Crippen LogP contribution >= 0.6 is 0 Å². The average molecular weight is 457 g/mol. The van der Waals surface area contributed by atoms with Crippen LogP contribution in [-0.2, 0) is 14.3 Å². The molecule has 8 heteroatoms.